The first-order chi connectivity index (χ1) is 14.1. The Hall–Kier alpha value is -3.39. The number of amides is 3. The highest BCUT2D eigenvalue weighted by Gasteiger charge is 2.23. The van der Waals surface area contributed by atoms with Crippen LogP contribution in [0.2, 0.25) is 0 Å². The maximum absolute atomic E-state index is 12.4. The number of imidazole rings is 1. The number of carbonyl (C=O) groups is 2. The van der Waals surface area contributed by atoms with Gasteiger partial charge in [0.15, 0.2) is 0 Å². The Morgan fingerprint density at radius 3 is 2.28 bits per heavy atom. The van der Waals surface area contributed by atoms with E-state index in [1.165, 1.54) is 0 Å². The first-order valence-electron chi connectivity index (χ1n) is 9.67. The summed E-state index contributed by atoms with van der Waals surface area (Å²) in [7, 11) is 2.08. The Labute approximate surface area is 168 Å². The van der Waals surface area contributed by atoms with E-state index < -0.39 is 0 Å². The Morgan fingerprint density at radius 2 is 1.55 bits per heavy atom. The van der Waals surface area contributed by atoms with Crippen LogP contribution >= 0.6 is 0 Å². The quantitative estimate of drug-likeness (QED) is 0.636. The summed E-state index contributed by atoms with van der Waals surface area (Å²) in [4.78, 5) is 31.0. The van der Waals surface area contributed by atoms with Gasteiger partial charge < -0.3 is 25.3 Å². The molecule has 2 aromatic heterocycles. The van der Waals surface area contributed by atoms with E-state index in [9.17, 15) is 9.59 Å². The zero-order chi connectivity index (χ0) is 20.2. The summed E-state index contributed by atoms with van der Waals surface area (Å²) in [6.07, 6.45) is 7.08. The van der Waals surface area contributed by atoms with E-state index >= 15 is 0 Å². The molecule has 3 heterocycles. The Morgan fingerprint density at radius 1 is 0.931 bits per heavy atom. The van der Waals surface area contributed by atoms with Gasteiger partial charge in [0.05, 0.1) is 5.69 Å². The van der Waals surface area contributed by atoms with Crippen LogP contribution in [0.4, 0.5) is 21.9 Å². The minimum absolute atomic E-state index is 0.0580. The van der Waals surface area contributed by atoms with Gasteiger partial charge in [-0.25, -0.2) is 9.78 Å². The molecule has 8 nitrogen and oxygen atoms in total. The molecule has 0 radical (unpaired) electrons. The van der Waals surface area contributed by atoms with Gasteiger partial charge in [-0.3, -0.25) is 4.79 Å². The van der Waals surface area contributed by atoms with Crippen LogP contribution in [0, 0.1) is 5.92 Å². The molecule has 3 aromatic rings. The zero-order valence-corrected chi connectivity index (χ0v) is 16.3. The normalized spacial score (nSPS) is 15.2. The lowest BCUT2D eigenvalue weighted by atomic mass is 9.96. The average molecular weight is 392 g/mol. The standard InChI is InChI=1S/C21H24N6O2/c1-26-11-8-15(9-12-26)20(28)23-16-2-4-17(5-3-16)24-21(29)25-18-6-7-19-22-10-13-27(19)14-18/h2-7,10,13-15H,8-9,11-12H2,1H3,(H,23,28)(H2,24,25,29). The number of hydrogen-bond acceptors (Lipinski definition) is 4. The molecule has 150 valence electrons. The Balaban J connectivity index is 1.30. The minimum atomic E-state index is -0.340. The molecule has 0 bridgehead atoms. The van der Waals surface area contributed by atoms with E-state index in [2.05, 4.69) is 32.9 Å². The largest absolute Gasteiger partial charge is 0.326 e. The van der Waals surface area contributed by atoms with Crippen molar-refractivity contribution in [2.45, 2.75) is 12.8 Å². The second-order valence-electron chi connectivity index (χ2n) is 7.33. The van der Waals surface area contributed by atoms with E-state index in [0.717, 1.165) is 37.3 Å². The number of piperidine rings is 1. The Bertz CT molecular complexity index is 1010. The first-order valence-corrected chi connectivity index (χ1v) is 9.67. The van der Waals surface area contributed by atoms with Crippen LogP contribution in [0.15, 0.2) is 55.0 Å². The summed E-state index contributed by atoms with van der Waals surface area (Å²) in [5.74, 6) is 0.120. The van der Waals surface area contributed by atoms with Gasteiger partial charge in [0.2, 0.25) is 5.91 Å². The molecule has 0 saturated carbocycles. The van der Waals surface area contributed by atoms with Crippen molar-refractivity contribution >= 4 is 34.6 Å². The second kappa shape index (κ2) is 8.32. The van der Waals surface area contributed by atoms with Gasteiger partial charge in [0, 0.05) is 35.9 Å². The summed E-state index contributed by atoms with van der Waals surface area (Å²) in [5, 5.41) is 8.55. The third-order valence-corrected chi connectivity index (χ3v) is 5.15. The number of anilines is 3. The van der Waals surface area contributed by atoms with E-state index in [0.29, 0.717) is 11.4 Å². The van der Waals surface area contributed by atoms with Crippen molar-refractivity contribution in [2.24, 2.45) is 5.92 Å². The smallest absolute Gasteiger partial charge is 0.323 e. The molecule has 1 fully saturated rings. The number of nitrogens with one attached hydrogen (secondary N) is 3. The molecule has 3 N–H and O–H groups in total. The van der Waals surface area contributed by atoms with Crippen molar-refractivity contribution < 1.29 is 9.59 Å². The fourth-order valence-corrected chi connectivity index (χ4v) is 3.44. The number of carbonyl (C=O) groups excluding carboxylic acids is 2. The van der Waals surface area contributed by atoms with Gasteiger partial charge in [0.1, 0.15) is 5.65 Å². The van der Waals surface area contributed by atoms with Crippen molar-refractivity contribution in [1.29, 1.82) is 0 Å². The van der Waals surface area contributed by atoms with E-state index in [-0.39, 0.29) is 17.9 Å². The van der Waals surface area contributed by atoms with Gasteiger partial charge in [-0.15, -0.1) is 0 Å². The number of nitrogens with zero attached hydrogens (tertiary/aromatic N) is 3. The molecule has 4 rings (SSSR count). The van der Waals surface area contributed by atoms with Gasteiger partial charge in [-0.1, -0.05) is 0 Å². The average Bonchev–Trinajstić information content (AvgIpc) is 3.18. The fraction of sp³-hybridized carbons (Fsp3) is 0.286. The van der Waals surface area contributed by atoms with Crippen LogP contribution < -0.4 is 16.0 Å². The fourth-order valence-electron chi connectivity index (χ4n) is 3.44. The number of urea groups is 1. The third-order valence-electron chi connectivity index (χ3n) is 5.15. The summed E-state index contributed by atoms with van der Waals surface area (Å²) < 4.78 is 1.83. The van der Waals surface area contributed by atoms with Crippen molar-refractivity contribution in [3.05, 3.63) is 55.0 Å². The molecule has 3 amide bonds. The monoisotopic (exact) mass is 392 g/mol. The van der Waals surface area contributed by atoms with Crippen LogP contribution in [0.25, 0.3) is 5.65 Å². The van der Waals surface area contributed by atoms with Crippen molar-refractivity contribution in [3.63, 3.8) is 0 Å². The molecule has 0 spiro atoms. The van der Waals surface area contributed by atoms with Gasteiger partial charge in [-0.2, -0.15) is 0 Å². The SMILES string of the molecule is CN1CCC(C(=O)Nc2ccc(NC(=O)Nc3ccc4nccn4c3)cc2)CC1. The number of aromatic nitrogens is 2. The number of fused-ring (bicyclic) bond motifs is 1. The van der Waals surface area contributed by atoms with E-state index in [4.69, 9.17) is 0 Å². The van der Waals surface area contributed by atoms with Crippen molar-refractivity contribution in [2.75, 3.05) is 36.1 Å². The zero-order valence-electron chi connectivity index (χ0n) is 16.3. The first kappa shape index (κ1) is 18.9. The van der Waals surface area contributed by atoms with Gasteiger partial charge >= 0.3 is 6.03 Å². The van der Waals surface area contributed by atoms with E-state index in [1.54, 1.807) is 42.7 Å². The number of pyridine rings is 1. The van der Waals surface area contributed by atoms with Crippen molar-refractivity contribution in [3.8, 4) is 0 Å². The lowest BCUT2D eigenvalue weighted by molar-refractivity contribution is -0.121. The maximum Gasteiger partial charge on any atom is 0.323 e. The molecule has 1 aromatic carbocycles. The molecule has 1 aliphatic heterocycles. The topological polar surface area (TPSA) is 90.8 Å². The minimum Gasteiger partial charge on any atom is -0.326 e. The molecule has 1 aliphatic rings. The van der Waals surface area contributed by atoms with Crippen LogP contribution in [0.1, 0.15) is 12.8 Å². The number of likely N-dealkylation sites (tertiary alicyclic amines) is 1. The van der Waals surface area contributed by atoms with Crippen LogP contribution in [-0.2, 0) is 4.79 Å². The summed E-state index contributed by atoms with van der Waals surface area (Å²) in [6, 6.07) is 10.4. The van der Waals surface area contributed by atoms with Gasteiger partial charge in [0.25, 0.3) is 0 Å². The predicted octanol–water partition coefficient (Wildman–Crippen LogP) is 3.26. The van der Waals surface area contributed by atoms with Crippen LogP contribution in [0.5, 0.6) is 0 Å². The van der Waals surface area contributed by atoms with Crippen LogP contribution in [-0.4, -0.2) is 46.4 Å². The second-order valence-corrected chi connectivity index (χ2v) is 7.33. The predicted molar refractivity (Wildman–Crippen MR) is 113 cm³/mol. The molecular formula is C21H24N6O2. The summed E-state index contributed by atoms with van der Waals surface area (Å²) >= 11 is 0. The number of rotatable bonds is 4. The molecule has 29 heavy (non-hydrogen) atoms. The summed E-state index contributed by atoms with van der Waals surface area (Å²) in [6.45, 7) is 1.90. The maximum atomic E-state index is 12.4. The molecule has 1 saturated heterocycles. The highest BCUT2D eigenvalue weighted by Crippen LogP contribution is 2.20. The Kier molecular flexibility index (Phi) is 5.44. The molecular weight excluding hydrogens is 368 g/mol. The molecule has 0 aliphatic carbocycles. The number of benzene rings is 1. The summed E-state index contributed by atoms with van der Waals surface area (Å²) in [5.41, 5.74) is 2.85. The highest BCUT2D eigenvalue weighted by atomic mass is 16.2. The molecule has 0 atom stereocenters. The van der Waals surface area contributed by atoms with E-state index in [1.807, 2.05) is 16.7 Å². The molecule has 8 heteroatoms. The van der Waals surface area contributed by atoms with Crippen LogP contribution in [0.3, 0.4) is 0 Å². The number of hydrogen-bond donors (Lipinski definition) is 3. The lowest BCUT2D eigenvalue weighted by Crippen LogP contribution is -2.35. The van der Waals surface area contributed by atoms with Gasteiger partial charge in [-0.05, 0) is 69.4 Å². The van der Waals surface area contributed by atoms with Crippen molar-refractivity contribution in [1.82, 2.24) is 14.3 Å². The lowest BCUT2D eigenvalue weighted by Gasteiger charge is -2.28. The third kappa shape index (κ3) is 4.72. The highest BCUT2D eigenvalue weighted by molar-refractivity contribution is 6.00. The molecule has 0 unspecified atom stereocenters.